The molecular weight excluding hydrogens is 282 g/mol. The summed E-state index contributed by atoms with van der Waals surface area (Å²) in [5.74, 6) is -1.84. The van der Waals surface area contributed by atoms with E-state index in [0.717, 1.165) is 0 Å². The molecule has 5 N–H and O–H groups in total. The maximum Gasteiger partial charge on any atom is 0.325 e. The van der Waals surface area contributed by atoms with E-state index in [9.17, 15) is 14.4 Å². The Morgan fingerprint density at radius 3 is 2.10 bits per heavy atom. The maximum atomic E-state index is 12.0. The molecule has 0 rings (SSSR count). The Balaban J connectivity index is 4.74. The van der Waals surface area contributed by atoms with Gasteiger partial charge in [0.25, 0.3) is 0 Å². The van der Waals surface area contributed by atoms with Crippen LogP contribution in [0.5, 0.6) is 0 Å². The number of carbonyl (C=O) groups excluding carboxylic acids is 2. The summed E-state index contributed by atoms with van der Waals surface area (Å²) < 4.78 is 0. The third kappa shape index (κ3) is 6.76. The van der Waals surface area contributed by atoms with E-state index in [1.165, 1.54) is 6.92 Å². The van der Waals surface area contributed by atoms with Crippen LogP contribution in [0.25, 0.3) is 0 Å². The molecule has 0 heterocycles. The highest BCUT2D eigenvalue weighted by Gasteiger charge is 2.26. The van der Waals surface area contributed by atoms with E-state index in [-0.39, 0.29) is 11.7 Å². The molecule has 116 valence electrons. The highest BCUT2D eigenvalue weighted by atomic mass is 32.1. The molecular formula is C12H23N3O4S. The smallest absolute Gasteiger partial charge is 0.325 e. The van der Waals surface area contributed by atoms with Crippen molar-refractivity contribution in [2.75, 3.05) is 5.75 Å². The van der Waals surface area contributed by atoms with Crippen molar-refractivity contribution in [1.29, 1.82) is 0 Å². The molecule has 0 spiro atoms. The van der Waals surface area contributed by atoms with Crippen LogP contribution in [-0.2, 0) is 14.4 Å². The summed E-state index contributed by atoms with van der Waals surface area (Å²) in [5, 5.41) is 13.6. The van der Waals surface area contributed by atoms with Gasteiger partial charge in [-0.1, -0.05) is 13.8 Å². The van der Waals surface area contributed by atoms with Crippen LogP contribution in [0.15, 0.2) is 0 Å². The van der Waals surface area contributed by atoms with Crippen molar-refractivity contribution in [2.45, 2.75) is 45.3 Å². The molecule has 0 aromatic rings. The van der Waals surface area contributed by atoms with Crippen LogP contribution < -0.4 is 16.4 Å². The minimum Gasteiger partial charge on any atom is -0.480 e. The molecule has 2 amide bonds. The van der Waals surface area contributed by atoms with Crippen molar-refractivity contribution in [3.05, 3.63) is 0 Å². The first-order valence-electron chi connectivity index (χ1n) is 6.39. The van der Waals surface area contributed by atoms with Crippen LogP contribution in [0.1, 0.15) is 27.2 Å². The van der Waals surface area contributed by atoms with E-state index < -0.39 is 35.9 Å². The minimum absolute atomic E-state index is 0.151. The molecule has 7 nitrogen and oxygen atoms in total. The van der Waals surface area contributed by atoms with E-state index in [0.29, 0.717) is 6.42 Å². The van der Waals surface area contributed by atoms with Gasteiger partial charge in [0.2, 0.25) is 11.8 Å². The highest BCUT2D eigenvalue weighted by molar-refractivity contribution is 7.80. The van der Waals surface area contributed by atoms with Gasteiger partial charge >= 0.3 is 5.97 Å². The zero-order chi connectivity index (χ0) is 15.9. The summed E-state index contributed by atoms with van der Waals surface area (Å²) in [6.45, 7) is 5.14. The Bertz CT molecular complexity index is 363. The van der Waals surface area contributed by atoms with Gasteiger partial charge in [-0.2, -0.15) is 12.6 Å². The second kappa shape index (κ2) is 8.80. The summed E-state index contributed by atoms with van der Waals surface area (Å²) in [6.07, 6.45) is 0.392. The van der Waals surface area contributed by atoms with E-state index >= 15 is 0 Å². The molecule has 0 saturated heterocycles. The average Bonchev–Trinajstić information content (AvgIpc) is 2.35. The lowest BCUT2D eigenvalue weighted by Gasteiger charge is -2.22. The third-order valence-corrected chi connectivity index (χ3v) is 3.00. The summed E-state index contributed by atoms with van der Waals surface area (Å²) in [4.78, 5) is 34.4. The molecule has 8 heteroatoms. The van der Waals surface area contributed by atoms with Gasteiger partial charge in [0.1, 0.15) is 12.1 Å². The van der Waals surface area contributed by atoms with Crippen molar-refractivity contribution >= 4 is 30.4 Å². The lowest BCUT2D eigenvalue weighted by molar-refractivity contribution is -0.141. The fourth-order valence-corrected chi connectivity index (χ4v) is 1.61. The number of carboxylic acid groups (broad SMARTS) is 1. The fraction of sp³-hybridized carbons (Fsp3) is 0.750. The number of aliphatic carboxylic acids is 1. The number of amides is 2. The first-order valence-corrected chi connectivity index (χ1v) is 7.02. The predicted octanol–water partition coefficient (Wildman–Crippen LogP) is -0.636. The monoisotopic (exact) mass is 305 g/mol. The van der Waals surface area contributed by atoms with E-state index in [1.54, 1.807) is 0 Å². The van der Waals surface area contributed by atoms with Crippen LogP contribution in [0, 0.1) is 5.92 Å². The third-order valence-electron chi connectivity index (χ3n) is 2.60. The Labute approximate surface area is 124 Å². The van der Waals surface area contributed by atoms with Crippen LogP contribution in [-0.4, -0.2) is 46.8 Å². The number of carbonyl (C=O) groups is 3. The molecule has 0 aliphatic heterocycles. The number of hydrogen-bond acceptors (Lipinski definition) is 5. The number of nitrogens with two attached hydrogens (primary N) is 1. The molecule has 3 atom stereocenters. The zero-order valence-electron chi connectivity index (χ0n) is 11.9. The van der Waals surface area contributed by atoms with Gasteiger partial charge in [0, 0.05) is 5.75 Å². The average molecular weight is 305 g/mol. The van der Waals surface area contributed by atoms with Gasteiger partial charge in [-0.3, -0.25) is 14.4 Å². The van der Waals surface area contributed by atoms with Crippen LogP contribution >= 0.6 is 12.6 Å². The van der Waals surface area contributed by atoms with E-state index in [4.69, 9.17) is 10.8 Å². The van der Waals surface area contributed by atoms with E-state index in [2.05, 4.69) is 23.3 Å². The second-order valence-corrected chi connectivity index (χ2v) is 5.41. The van der Waals surface area contributed by atoms with Gasteiger partial charge in [0.15, 0.2) is 0 Å². The normalized spacial score (nSPS) is 15.3. The van der Waals surface area contributed by atoms with Gasteiger partial charge in [-0.15, -0.1) is 0 Å². The lowest BCUT2D eigenvalue weighted by atomic mass is 10.0. The zero-order valence-corrected chi connectivity index (χ0v) is 12.8. The Kier molecular flexibility index (Phi) is 8.24. The first kappa shape index (κ1) is 18.7. The van der Waals surface area contributed by atoms with Gasteiger partial charge in [-0.05, 0) is 19.3 Å². The SMILES string of the molecule is CC(C)C[C@H](NC(=O)[C@@H](N)CS)C(=O)N[C@@H](C)C(=O)O. The van der Waals surface area contributed by atoms with Crippen LogP contribution in [0.4, 0.5) is 0 Å². The standard InChI is InChI=1S/C12H23N3O4S/c1-6(2)4-9(15-10(16)8(13)5-20)11(17)14-7(3)12(18)19/h6-9,20H,4-5,13H2,1-3H3,(H,14,17)(H,15,16)(H,18,19)/t7-,8-,9-/m0/s1. The summed E-state index contributed by atoms with van der Waals surface area (Å²) in [5.41, 5.74) is 5.53. The number of rotatable bonds is 8. The topological polar surface area (TPSA) is 122 Å². The van der Waals surface area contributed by atoms with Crippen molar-refractivity contribution in [1.82, 2.24) is 10.6 Å². The summed E-state index contributed by atoms with van der Waals surface area (Å²) in [6, 6.07) is -2.64. The molecule has 0 aromatic carbocycles. The molecule has 0 aliphatic rings. The van der Waals surface area contributed by atoms with Gasteiger partial charge < -0.3 is 21.5 Å². The molecule has 0 fully saturated rings. The van der Waals surface area contributed by atoms with Crippen LogP contribution in [0.3, 0.4) is 0 Å². The Morgan fingerprint density at radius 2 is 1.70 bits per heavy atom. The van der Waals surface area contributed by atoms with Crippen molar-refractivity contribution in [2.24, 2.45) is 11.7 Å². The van der Waals surface area contributed by atoms with Crippen molar-refractivity contribution in [3.8, 4) is 0 Å². The second-order valence-electron chi connectivity index (χ2n) is 5.05. The largest absolute Gasteiger partial charge is 0.480 e. The van der Waals surface area contributed by atoms with E-state index in [1.807, 2.05) is 13.8 Å². The molecule has 0 unspecified atom stereocenters. The minimum atomic E-state index is -1.14. The number of thiol groups is 1. The van der Waals surface area contributed by atoms with Gasteiger partial charge in [0.05, 0.1) is 6.04 Å². The van der Waals surface area contributed by atoms with Gasteiger partial charge in [-0.25, -0.2) is 0 Å². The van der Waals surface area contributed by atoms with Crippen molar-refractivity contribution < 1.29 is 19.5 Å². The number of nitrogens with one attached hydrogen (secondary N) is 2. The lowest BCUT2D eigenvalue weighted by Crippen LogP contribution is -2.54. The Morgan fingerprint density at radius 1 is 1.15 bits per heavy atom. The molecule has 0 radical (unpaired) electrons. The van der Waals surface area contributed by atoms with Crippen LogP contribution in [0.2, 0.25) is 0 Å². The molecule has 0 aliphatic carbocycles. The molecule has 0 bridgehead atoms. The molecule has 0 aromatic heterocycles. The number of carboxylic acids is 1. The number of hydrogen-bond donors (Lipinski definition) is 5. The Hall–Kier alpha value is -1.28. The summed E-state index contributed by atoms with van der Waals surface area (Å²) in [7, 11) is 0. The predicted molar refractivity (Wildman–Crippen MR) is 78.5 cm³/mol. The maximum absolute atomic E-state index is 12.0. The quantitative estimate of drug-likeness (QED) is 0.382. The van der Waals surface area contributed by atoms with Crippen molar-refractivity contribution in [3.63, 3.8) is 0 Å². The summed E-state index contributed by atoms with van der Waals surface area (Å²) >= 11 is 3.92. The highest BCUT2D eigenvalue weighted by Crippen LogP contribution is 2.06. The molecule has 20 heavy (non-hydrogen) atoms. The fourth-order valence-electron chi connectivity index (χ4n) is 1.44. The molecule has 0 saturated carbocycles. The first-order chi connectivity index (χ1) is 9.18.